The highest BCUT2D eigenvalue weighted by atomic mass is 16.5. The molecule has 3 aromatic carbocycles. The molecule has 0 unspecified atom stereocenters. The molecule has 3 aromatic rings. The van der Waals surface area contributed by atoms with Crippen LogP contribution in [-0.2, 0) is 19.5 Å². The minimum absolute atomic E-state index is 0.693. The normalized spacial score (nSPS) is 10.6. The van der Waals surface area contributed by atoms with Gasteiger partial charge in [-0.3, -0.25) is 0 Å². The summed E-state index contributed by atoms with van der Waals surface area (Å²) < 4.78 is 6.03. The number of benzene rings is 3. The van der Waals surface area contributed by atoms with Crippen LogP contribution in [0, 0.1) is 6.92 Å². The lowest BCUT2D eigenvalue weighted by atomic mass is 10.1. The van der Waals surface area contributed by atoms with E-state index in [9.17, 15) is 0 Å². The van der Waals surface area contributed by atoms with Gasteiger partial charge in [-0.25, -0.2) is 0 Å². The van der Waals surface area contributed by atoms with Crippen molar-refractivity contribution in [3.63, 3.8) is 0 Å². The summed E-state index contributed by atoms with van der Waals surface area (Å²) in [5, 5.41) is 3.53. The average Bonchev–Trinajstić information content (AvgIpc) is 2.65. The third-order valence-corrected chi connectivity index (χ3v) is 4.36. The smallest absolute Gasteiger partial charge is 0.123 e. The van der Waals surface area contributed by atoms with Gasteiger partial charge in [-0.05, 0) is 29.7 Å². The molecule has 0 amide bonds. The fourth-order valence-electron chi connectivity index (χ4n) is 2.85. The van der Waals surface area contributed by atoms with Gasteiger partial charge in [-0.15, -0.1) is 0 Å². The first-order valence-corrected chi connectivity index (χ1v) is 8.83. The van der Waals surface area contributed by atoms with Crippen molar-refractivity contribution in [2.45, 2.75) is 26.4 Å². The number of nitrogens with one attached hydrogen (secondary N) is 1. The standard InChI is InChI=1S/C23H25NO/c1-19-9-5-6-12-21(19)17-24-18-22-13-7-8-14-23(22)25-16-15-20-10-3-2-4-11-20/h2-14,24H,15-18H2,1H3. The van der Waals surface area contributed by atoms with E-state index < -0.39 is 0 Å². The molecule has 0 aliphatic carbocycles. The van der Waals surface area contributed by atoms with E-state index in [2.05, 4.69) is 79.0 Å². The molecule has 0 fully saturated rings. The maximum absolute atomic E-state index is 6.03. The number of rotatable bonds is 8. The zero-order valence-corrected chi connectivity index (χ0v) is 14.7. The zero-order valence-electron chi connectivity index (χ0n) is 14.7. The van der Waals surface area contributed by atoms with E-state index in [1.54, 1.807) is 0 Å². The van der Waals surface area contributed by atoms with Crippen molar-refractivity contribution < 1.29 is 4.74 Å². The van der Waals surface area contributed by atoms with Crippen LogP contribution in [0.1, 0.15) is 22.3 Å². The predicted molar refractivity (Wildman–Crippen MR) is 104 cm³/mol. The minimum atomic E-state index is 0.693. The SMILES string of the molecule is Cc1ccccc1CNCc1ccccc1OCCc1ccccc1. The van der Waals surface area contributed by atoms with Gasteiger partial charge in [0.25, 0.3) is 0 Å². The average molecular weight is 331 g/mol. The highest BCUT2D eigenvalue weighted by molar-refractivity contribution is 5.33. The summed E-state index contributed by atoms with van der Waals surface area (Å²) in [6.45, 7) is 4.51. The first-order chi connectivity index (χ1) is 12.3. The number of para-hydroxylation sites is 1. The van der Waals surface area contributed by atoms with Crippen molar-refractivity contribution in [3.05, 3.63) is 101 Å². The molecule has 0 saturated carbocycles. The van der Waals surface area contributed by atoms with Gasteiger partial charge in [0.1, 0.15) is 5.75 Å². The Morgan fingerprint density at radius 2 is 1.36 bits per heavy atom. The number of aryl methyl sites for hydroxylation is 1. The van der Waals surface area contributed by atoms with Gasteiger partial charge in [0.05, 0.1) is 6.61 Å². The van der Waals surface area contributed by atoms with E-state index in [0.717, 1.165) is 25.3 Å². The van der Waals surface area contributed by atoms with Gasteiger partial charge < -0.3 is 10.1 Å². The molecule has 0 radical (unpaired) electrons. The van der Waals surface area contributed by atoms with Crippen molar-refractivity contribution in [1.82, 2.24) is 5.32 Å². The maximum Gasteiger partial charge on any atom is 0.123 e. The second-order valence-electron chi connectivity index (χ2n) is 6.22. The van der Waals surface area contributed by atoms with Crippen molar-refractivity contribution in [1.29, 1.82) is 0 Å². The van der Waals surface area contributed by atoms with Gasteiger partial charge in [0.15, 0.2) is 0 Å². The zero-order chi connectivity index (χ0) is 17.3. The maximum atomic E-state index is 6.03. The second kappa shape index (κ2) is 9.05. The summed E-state index contributed by atoms with van der Waals surface area (Å²) in [7, 11) is 0. The van der Waals surface area contributed by atoms with E-state index in [1.807, 2.05) is 12.1 Å². The highest BCUT2D eigenvalue weighted by Crippen LogP contribution is 2.18. The summed E-state index contributed by atoms with van der Waals surface area (Å²) >= 11 is 0. The molecular weight excluding hydrogens is 306 g/mol. The van der Waals surface area contributed by atoms with Crippen LogP contribution in [0.5, 0.6) is 5.75 Å². The van der Waals surface area contributed by atoms with Crippen LogP contribution in [0.25, 0.3) is 0 Å². The molecule has 0 saturated heterocycles. The van der Waals surface area contributed by atoms with Crippen molar-refractivity contribution >= 4 is 0 Å². The number of hydrogen-bond donors (Lipinski definition) is 1. The van der Waals surface area contributed by atoms with Crippen LogP contribution in [-0.4, -0.2) is 6.61 Å². The Kier molecular flexibility index (Phi) is 6.24. The lowest BCUT2D eigenvalue weighted by Crippen LogP contribution is -2.14. The largest absolute Gasteiger partial charge is 0.493 e. The minimum Gasteiger partial charge on any atom is -0.493 e. The first kappa shape index (κ1) is 17.2. The summed E-state index contributed by atoms with van der Waals surface area (Å²) in [6, 6.07) is 27.2. The molecule has 2 nitrogen and oxygen atoms in total. The van der Waals surface area contributed by atoms with Crippen molar-refractivity contribution in [3.8, 4) is 5.75 Å². The topological polar surface area (TPSA) is 21.3 Å². The molecule has 25 heavy (non-hydrogen) atoms. The molecule has 2 heteroatoms. The Morgan fingerprint density at radius 1 is 0.720 bits per heavy atom. The lowest BCUT2D eigenvalue weighted by Gasteiger charge is -2.13. The van der Waals surface area contributed by atoms with E-state index in [-0.39, 0.29) is 0 Å². The molecule has 0 aliphatic rings. The van der Waals surface area contributed by atoms with Crippen molar-refractivity contribution in [2.75, 3.05) is 6.61 Å². The molecule has 3 rings (SSSR count). The van der Waals surface area contributed by atoms with Gasteiger partial charge in [0, 0.05) is 25.1 Å². The molecule has 0 atom stereocenters. The van der Waals surface area contributed by atoms with Gasteiger partial charge >= 0.3 is 0 Å². The van der Waals surface area contributed by atoms with E-state index in [4.69, 9.17) is 4.74 Å². The van der Waals surface area contributed by atoms with Gasteiger partial charge in [-0.2, -0.15) is 0 Å². The summed E-state index contributed by atoms with van der Waals surface area (Å²) in [4.78, 5) is 0. The van der Waals surface area contributed by atoms with Crippen LogP contribution >= 0.6 is 0 Å². The van der Waals surface area contributed by atoms with Gasteiger partial charge in [0.2, 0.25) is 0 Å². The molecule has 0 spiro atoms. The fourth-order valence-corrected chi connectivity index (χ4v) is 2.85. The number of ether oxygens (including phenoxy) is 1. The summed E-state index contributed by atoms with van der Waals surface area (Å²) in [6.07, 6.45) is 0.922. The van der Waals surface area contributed by atoms with Crippen LogP contribution < -0.4 is 10.1 Å². The quantitative estimate of drug-likeness (QED) is 0.633. The molecule has 128 valence electrons. The van der Waals surface area contributed by atoms with Crippen LogP contribution in [0.4, 0.5) is 0 Å². The third kappa shape index (κ3) is 5.20. The Bertz CT molecular complexity index is 783. The van der Waals surface area contributed by atoms with Crippen LogP contribution in [0.15, 0.2) is 78.9 Å². The molecular formula is C23H25NO. The third-order valence-electron chi connectivity index (χ3n) is 4.36. The molecule has 0 aliphatic heterocycles. The second-order valence-corrected chi connectivity index (χ2v) is 6.22. The Labute approximate surface area is 150 Å². The Morgan fingerprint density at radius 3 is 2.16 bits per heavy atom. The summed E-state index contributed by atoms with van der Waals surface area (Å²) in [5.74, 6) is 0.968. The highest BCUT2D eigenvalue weighted by Gasteiger charge is 2.04. The monoisotopic (exact) mass is 331 g/mol. The van der Waals surface area contributed by atoms with Gasteiger partial charge in [-0.1, -0.05) is 72.8 Å². The molecule has 0 heterocycles. The number of hydrogen-bond acceptors (Lipinski definition) is 2. The summed E-state index contributed by atoms with van der Waals surface area (Å²) in [5.41, 5.74) is 5.16. The van der Waals surface area contributed by atoms with E-state index in [1.165, 1.54) is 22.3 Å². The van der Waals surface area contributed by atoms with Crippen LogP contribution in [0.2, 0.25) is 0 Å². The van der Waals surface area contributed by atoms with Crippen molar-refractivity contribution in [2.24, 2.45) is 0 Å². The predicted octanol–water partition coefficient (Wildman–Crippen LogP) is 4.91. The fraction of sp³-hybridized carbons (Fsp3) is 0.217. The Hall–Kier alpha value is -2.58. The Balaban J connectivity index is 1.53. The molecule has 0 aromatic heterocycles. The lowest BCUT2D eigenvalue weighted by molar-refractivity contribution is 0.317. The van der Waals surface area contributed by atoms with E-state index in [0.29, 0.717) is 6.61 Å². The van der Waals surface area contributed by atoms with E-state index >= 15 is 0 Å². The molecule has 1 N–H and O–H groups in total. The van der Waals surface area contributed by atoms with Crippen LogP contribution in [0.3, 0.4) is 0 Å². The molecule has 0 bridgehead atoms. The first-order valence-electron chi connectivity index (χ1n) is 8.83.